The average Bonchev–Trinajstić information content (AvgIpc) is 2.71. The van der Waals surface area contributed by atoms with Gasteiger partial charge >= 0.3 is 0 Å². The fourth-order valence-electron chi connectivity index (χ4n) is 2.96. The molecule has 8 heteroatoms. The van der Waals surface area contributed by atoms with E-state index < -0.39 is 25.0 Å². The predicted octanol–water partition coefficient (Wildman–Crippen LogP) is 3.40. The first-order valence-corrected chi connectivity index (χ1v) is 18.8. The quantitative estimate of drug-likeness (QED) is 0.663. The Balaban J connectivity index is 2.30. The van der Waals surface area contributed by atoms with Gasteiger partial charge in [-0.2, -0.15) is 0 Å². The smallest absolute Gasteiger partial charge is 0.185 e. The molecule has 0 amide bonds. The Morgan fingerprint density at radius 1 is 0.652 bits per heavy atom. The molecular weight excluding hydrogens is 344 g/mol. The summed E-state index contributed by atoms with van der Waals surface area (Å²) < 4.78 is 31.4. The summed E-state index contributed by atoms with van der Waals surface area (Å²) in [5, 5.41) is 0. The molecule has 2 bridgehead atoms. The van der Waals surface area contributed by atoms with Crippen LogP contribution in [-0.2, 0) is 22.8 Å². The third-order valence-electron chi connectivity index (χ3n) is 3.48. The molecule has 0 spiro atoms. The predicted molar refractivity (Wildman–Crippen MR) is 99.3 cm³/mol. The van der Waals surface area contributed by atoms with E-state index in [9.17, 15) is 0 Å². The highest BCUT2D eigenvalue weighted by molar-refractivity contribution is 6.70. The molecule has 0 aromatic carbocycles. The molecule has 2 aliphatic rings. The largest absolute Gasteiger partial charge is 0.409 e. The highest BCUT2D eigenvalue weighted by atomic mass is 28.4. The Hall–Kier alpha value is 0.451. The zero-order valence-electron chi connectivity index (χ0n) is 16.1. The van der Waals surface area contributed by atoms with Gasteiger partial charge in [0.25, 0.3) is 0 Å². The van der Waals surface area contributed by atoms with Crippen molar-refractivity contribution in [1.82, 2.24) is 0 Å². The SMILES string of the molecule is C[Si](C)(C)O[C@@H]1[C@H](O[Si](C)(C)C)[C@@H]2OC[C@@H](O2)[C@H]1O[Si](C)(C)C. The fraction of sp³-hybridized carbons (Fsp3) is 1.00. The van der Waals surface area contributed by atoms with Gasteiger partial charge in [-0.15, -0.1) is 0 Å². The molecule has 0 unspecified atom stereocenters. The Morgan fingerprint density at radius 3 is 1.57 bits per heavy atom. The van der Waals surface area contributed by atoms with Crippen LogP contribution >= 0.6 is 0 Å². The van der Waals surface area contributed by atoms with Gasteiger partial charge in [0, 0.05) is 0 Å². The molecule has 136 valence electrons. The van der Waals surface area contributed by atoms with Gasteiger partial charge in [0.15, 0.2) is 31.2 Å². The summed E-state index contributed by atoms with van der Waals surface area (Å²) in [6.45, 7) is 20.4. The molecule has 0 saturated carbocycles. The first-order chi connectivity index (χ1) is 10.3. The molecule has 2 heterocycles. The van der Waals surface area contributed by atoms with Gasteiger partial charge in [-0.1, -0.05) is 0 Å². The zero-order chi connectivity index (χ0) is 17.6. The Bertz CT molecular complexity index is 383. The molecule has 2 fully saturated rings. The molecule has 2 rings (SSSR count). The first kappa shape index (κ1) is 19.8. The molecule has 2 aliphatic heterocycles. The van der Waals surface area contributed by atoms with Crippen LogP contribution in [0.2, 0.25) is 58.9 Å². The van der Waals surface area contributed by atoms with E-state index in [0.717, 1.165) is 0 Å². The molecule has 2 saturated heterocycles. The third-order valence-corrected chi connectivity index (χ3v) is 6.42. The summed E-state index contributed by atoms with van der Waals surface area (Å²) in [5.41, 5.74) is 0. The van der Waals surface area contributed by atoms with Crippen LogP contribution in [0.4, 0.5) is 0 Å². The summed E-state index contributed by atoms with van der Waals surface area (Å²) in [5.74, 6) is 0. The van der Waals surface area contributed by atoms with Crippen molar-refractivity contribution in [2.45, 2.75) is 89.6 Å². The van der Waals surface area contributed by atoms with Crippen molar-refractivity contribution in [3.8, 4) is 0 Å². The Kier molecular flexibility index (Phi) is 5.71. The highest BCUT2D eigenvalue weighted by Gasteiger charge is 2.55. The Labute approximate surface area is 144 Å². The minimum Gasteiger partial charge on any atom is -0.409 e. The van der Waals surface area contributed by atoms with Crippen LogP contribution in [0, 0.1) is 0 Å². The van der Waals surface area contributed by atoms with Crippen molar-refractivity contribution >= 4 is 25.0 Å². The van der Waals surface area contributed by atoms with Crippen molar-refractivity contribution in [3.05, 3.63) is 0 Å². The standard InChI is InChI=1S/C15H34O5Si3/c1-21(2,3)18-12-11-10-16-15(17-11)14(20-23(7,8)9)13(12)19-22(4,5)6/h11-15H,10H2,1-9H3/t11-,12-,13+,14+,15-/m1/s1. The number of rotatable bonds is 6. The van der Waals surface area contributed by atoms with Gasteiger partial charge in [-0.3, -0.25) is 0 Å². The lowest BCUT2D eigenvalue weighted by atomic mass is 10.0. The second-order valence-electron chi connectivity index (χ2n) is 9.46. The summed E-state index contributed by atoms with van der Waals surface area (Å²) in [6.07, 6.45) is -0.780. The van der Waals surface area contributed by atoms with Crippen LogP contribution in [0.5, 0.6) is 0 Å². The maximum atomic E-state index is 6.55. The van der Waals surface area contributed by atoms with Gasteiger partial charge in [0.1, 0.15) is 24.4 Å². The third kappa shape index (κ3) is 5.74. The Morgan fingerprint density at radius 2 is 1.09 bits per heavy atom. The number of fused-ring (bicyclic) bond motifs is 2. The minimum absolute atomic E-state index is 0.0467. The van der Waals surface area contributed by atoms with Crippen molar-refractivity contribution < 1.29 is 22.8 Å². The molecule has 23 heavy (non-hydrogen) atoms. The van der Waals surface area contributed by atoms with Gasteiger partial charge in [-0.25, -0.2) is 0 Å². The van der Waals surface area contributed by atoms with Crippen molar-refractivity contribution in [2.75, 3.05) is 6.61 Å². The molecule has 0 aliphatic carbocycles. The molecule has 0 N–H and O–H groups in total. The first-order valence-electron chi connectivity index (χ1n) is 8.56. The average molecular weight is 379 g/mol. The molecule has 5 atom stereocenters. The van der Waals surface area contributed by atoms with Gasteiger partial charge < -0.3 is 22.8 Å². The maximum Gasteiger partial charge on any atom is 0.185 e. The van der Waals surface area contributed by atoms with Gasteiger partial charge in [0.05, 0.1) is 6.61 Å². The zero-order valence-corrected chi connectivity index (χ0v) is 19.1. The lowest BCUT2D eigenvalue weighted by Crippen LogP contribution is -2.62. The van der Waals surface area contributed by atoms with Crippen molar-refractivity contribution in [3.63, 3.8) is 0 Å². The van der Waals surface area contributed by atoms with E-state index >= 15 is 0 Å². The van der Waals surface area contributed by atoms with Crippen LogP contribution in [0.25, 0.3) is 0 Å². The normalized spacial score (nSPS) is 35.6. The fourth-order valence-corrected chi connectivity index (χ4v) is 6.21. The van der Waals surface area contributed by atoms with Crippen LogP contribution in [-0.4, -0.2) is 62.3 Å². The summed E-state index contributed by atoms with van der Waals surface area (Å²) in [6, 6.07) is 0. The van der Waals surface area contributed by atoms with Crippen LogP contribution in [0.1, 0.15) is 0 Å². The summed E-state index contributed by atoms with van der Waals surface area (Å²) in [7, 11) is -5.24. The van der Waals surface area contributed by atoms with E-state index in [1.54, 1.807) is 0 Å². The van der Waals surface area contributed by atoms with E-state index in [-0.39, 0.29) is 30.7 Å². The van der Waals surface area contributed by atoms with E-state index in [2.05, 4.69) is 58.9 Å². The van der Waals surface area contributed by atoms with E-state index in [1.807, 2.05) is 0 Å². The second kappa shape index (κ2) is 6.64. The van der Waals surface area contributed by atoms with Crippen LogP contribution in [0.3, 0.4) is 0 Å². The van der Waals surface area contributed by atoms with Crippen LogP contribution < -0.4 is 0 Å². The molecular formula is C15H34O5Si3. The topological polar surface area (TPSA) is 46.2 Å². The van der Waals surface area contributed by atoms with Gasteiger partial charge in [0.2, 0.25) is 0 Å². The number of hydrogen-bond donors (Lipinski definition) is 0. The van der Waals surface area contributed by atoms with E-state index in [4.69, 9.17) is 22.8 Å². The lowest BCUT2D eigenvalue weighted by molar-refractivity contribution is -0.214. The van der Waals surface area contributed by atoms with Crippen molar-refractivity contribution in [1.29, 1.82) is 0 Å². The number of hydrogen-bond acceptors (Lipinski definition) is 5. The van der Waals surface area contributed by atoms with E-state index in [0.29, 0.717) is 6.61 Å². The maximum absolute atomic E-state index is 6.55. The lowest BCUT2D eigenvalue weighted by Gasteiger charge is -2.46. The minimum atomic E-state index is -1.76. The molecule has 0 aromatic heterocycles. The van der Waals surface area contributed by atoms with Gasteiger partial charge in [-0.05, 0) is 58.9 Å². The summed E-state index contributed by atoms with van der Waals surface area (Å²) in [4.78, 5) is 0. The van der Waals surface area contributed by atoms with Crippen molar-refractivity contribution in [2.24, 2.45) is 0 Å². The molecule has 0 aromatic rings. The molecule has 5 nitrogen and oxygen atoms in total. The molecule has 0 radical (unpaired) electrons. The van der Waals surface area contributed by atoms with Crippen LogP contribution in [0.15, 0.2) is 0 Å². The number of ether oxygens (including phenoxy) is 2. The van der Waals surface area contributed by atoms with E-state index in [1.165, 1.54) is 0 Å². The monoisotopic (exact) mass is 378 g/mol. The highest BCUT2D eigenvalue weighted by Crippen LogP contribution is 2.37. The second-order valence-corrected chi connectivity index (χ2v) is 22.8. The summed E-state index contributed by atoms with van der Waals surface area (Å²) >= 11 is 0.